The van der Waals surface area contributed by atoms with Crippen molar-refractivity contribution in [3.05, 3.63) is 11.4 Å². The molecule has 5 nitrogen and oxygen atoms in total. The SMILES string of the molecule is CCNc1nc(CC)nc(N2CC(C)OC(C)C2)c1C. The number of morpholine rings is 1. The predicted octanol–water partition coefficient (Wildman–Crippen LogP) is 2.39. The van der Waals surface area contributed by atoms with E-state index < -0.39 is 0 Å². The molecule has 1 N–H and O–H groups in total. The van der Waals surface area contributed by atoms with Gasteiger partial charge in [0.1, 0.15) is 17.5 Å². The summed E-state index contributed by atoms with van der Waals surface area (Å²) < 4.78 is 5.81. The first-order valence-corrected chi connectivity index (χ1v) is 7.56. The number of nitrogens with one attached hydrogen (secondary N) is 1. The molecular weight excluding hydrogens is 252 g/mol. The molecule has 1 saturated heterocycles. The van der Waals surface area contributed by atoms with E-state index in [9.17, 15) is 0 Å². The molecule has 1 aromatic rings. The molecule has 112 valence electrons. The largest absolute Gasteiger partial charge is 0.372 e. The second-order valence-corrected chi connectivity index (χ2v) is 5.48. The Kier molecular flexibility index (Phi) is 4.81. The molecule has 1 fully saturated rings. The van der Waals surface area contributed by atoms with E-state index in [4.69, 9.17) is 9.72 Å². The van der Waals surface area contributed by atoms with Crippen molar-refractivity contribution >= 4 is 11.6 Å². The molecule has 1 aliphatic heterocycles. The Labute approximate surface area is 121 Å². The molecule has 1 aromatic heterocycles. The zero-order valence-corrected chi connectivity index (χ0v) is 13.2. The van der Waals surface area contributed by atoms with Gasteiger partial charge in [-0.15, -0.1) is 0 Å². The number of nitrogens with zero attached hydrogens (tertiary/aromatic N) is 3. The Morgan fingerprint density at radius 2 is 1.85 bits per heavy atom. The van der Waals surface area contributed by atoms with Gasteiger partial charge in [-0.25, -0.2) is 9.97 Å². The summed E-state index contributed by atoms with van der Waals surface area (Å²) >= 11 is 0. The number of aryl methyl sites for hydroxylation is 1. The summed E-state index contributed by atoms with van der Waals surface area (Å²) in [7, 11) is 0. The van der Waals surface area contributed by atoms with Crippen molar-refractivity contribution < 1.29 is 4.74 Å². The van der Waals surface area contributed by atoms with Gasteiger partial charge in [-0.05, 0) is 27.7 Å². The van der Waals surface area contributed by atoms with Crippen LogP contribution in [0.15, 0.2) is 0 Å². The van der Waals surface area contributed by atoms with Crippen LogP contribution in [0.5, 0.6) is 0 Å². The Morgan fingerprint density at radius 1 is 1.20 bits per heavy atom. The van der Waals surface area contributed by atoms with E-state index in [1.54, 1.807) is 0 Å². The summed E-state index contributed by atoms with van der Waals surface area (Å²) in [5.41, 5.74) is 1.13. The maximum atomic E-state index is 5.81. The molecule has 0 bridgehead atoms. The highest BCUT2D eigenvalue weighted by Gasteiger charge is 2.25. The lowest BCUT2D eigenvalue weighted by molar-refractivity contribution is -0.00550. The minimum atomic E-state index is 0.237. The van der Waals surface area contributed by atoms with Crippen molar-refractivity contribution in [3.8, 4) is 0 Å². The minimum Gasteiger partial charge on any atom is -0.372 e. The summed E-state index contributed by atoms with van der Waals surface area (Å²) in [6, 6.07) is 0. The first-order valence-electron chi connectivity index (χ1n) is 7.56. The fraction of sp³-hybridized carbons (Fsp3) is 0.733. The van der Waals surface area contributed by atoms with E-state index in [1.165, 1.54) is 0 Å². The van der Waals surface area contributed by atoms with E-state index in [-0.39, 0.29) is 12.2 Å². The maximum Gasteiger partial charge on any atom is 0.137 e. The number of aromatic nitrogens is 2. The first kappa shape index (κ1) is 15.0. The van der Waals surface area contributed by atoms with E-state index in [2.05, 4.69) is 49.8 Å². The Morgan fingerprint density at radius 3 is 2.40 bits per heavy atom. The summed E-state index contributed by atoms with van der Waals surface area (Å²) in [5.74, 6) is 2.91. The van der Waals surface area contributed by atoms with Crippen molar-refractivity contribution in [2.24, 2.45) is 0 Å². The van der Waals surface area contributed by atoms with Crippen LogP contribution >= 0.6 is 0 Å². The van der Waals surface area contributed by atoms with Crippen LogP contribution < -0.4 is 10.2 Å². The van der Waals surface area contributed by atoms with E-state index in [0.29, 0.717) is 0 Å². The van der Waals surface area contributed by atoms with Crippen LogP contribution in [0.2, 0.25) is 0 Å². The summed E-state index contributed by atoms with van der Waals surface area (Å²) in [6.07, 6.45) is 1.32. The molecule has 2 unspecified atom stereocenters. The fourth-order valence-corrected chi connectivity index (χ4v) is 2.71. The van der Waals surface area contributed by atoms with Crippen molar-refractivity contribution in [2.45, 2.75) is 53.2 Å². The van der Waals surface area contributed by atoms with Crippen LogP contribution in [0.3, 0.4) is 0 Å². The van der Waals surface area contributed by atoms with Crippen molar-refractivity contribution in [1.29, 1.82) is 0 Å². The van der Waals surface area contributed by atoms with Gasteiger partial charge in [0.25, 0.3) is 0 Å². The molecular formula is C15H26N4O. The topological polar surface area (TPSA) is 50.3 Å². The van der Waals surface area contributed by atoms with Gasteiger partial charge >= 0.3 is 0 Å². The molecule has 0 amide bonds. The first-order chi connectivity index (χ1) is 9.55. The molecule has 1 aliphatic rings. The normalized spacial score (nSPS) is 22.9. The molecule has 0 saturated carbocycles. The van der Waals surface area contributed by atoms with Crippen LogP contribution in [0.4, 0.5) is 11.6 Å². The van der Waals surface area contributed by atoms with Crippen molar-refractivity contribution in [2.75, 3.05) is 29.9 Å². The molecule has 0 aromatic carbocycles. The standard InChI is InChI=1S/C15H26N4O/c1-6-13-17-14(16-7-2)12(5)15(18-13)19-8-10(3)20-11(4)9-19/h10-11H,6-9H2,1-5H3,(H,16,17,18). The highest BCUT2D eigenvalue weighted by Crippen LogP contribution is 2.26. The van der Waals surface area contributed by atoms with Gasteiger partial charge < -0.3 is 15.0 Å². The Hall–Kier alpha value is -1.36. The van der Waals surface area contributed by atoms with E-state index >= 15 is 0 Å². The third-order valence-corrected chi connectivity index (χ3v) is 3.55. The average molecular weight is 278 g/mol. The minimum absolute atomic E-state index is 0.237. The van der Waals surface area contributed by atoms with Gasteiger partial charge in [-0.2, -0.15) is 0 Å². The highest BCUT2D eigenvalue weighted by atomic mass is 16.5. The number of anilines is 2. The number of hydrogen-bond acceptors (Lipinski definition) is 5. The van der Waals surface area contributed by atoms with Crippen molar-refractivity contribution in [1.82, 2.24) is 9.97 Å². The van der Waals surface area contributed by atoms with Crippen molar-refractivity contribution in [3.63, 3.8) is 0 Å². The number of ether oxygens (including phenoxy) is 1. The maximum absolute atomic E-state index is 5.81. The van der Waals surface area contributed by atoms with Gasteiger partial charge in [0, 0.05) is 31.6 Å². The summed E-state index contributed by atoms with van der Waals surface area (Å²) in [4.78, 5) is 11.7. The van der Waals surface area contributed by atoms with Crippen LogP contribution in [-0.2, 0) is 11.2 Å². The van der Waals surface area contributed by atoms with Gasteiger partial charge in [0.05, 0.1) is 12.2 Å². The summed E-state index contributed by atoms with van der Waals surface area (Å²) in [6.45, 7) is 13.2. The second kappa shape index (κ2) is 6.39. The lowest BCUT2D eigenvalue weighted by atomic mass is 10.2. The van der Waals surface area contributed by atoms with E-state index in [0.717, 1.165) is 49.1 Å². The zero-order valence-electron chi connectivity index (χ0n) is 13.2. The average Bonchev–Trinajstić information content (AvgIpc) is 2.40. The molecule has 5 heteroatoms. The van der Waals surface area contributed by atoms with Crippen LogP contribution in [-0.4, -0.2) is 41.8 Å². The molecule has 0 radical (unpaired) electrons. The molecule has 2 atom stereocenters. The lowest BCUT2D eigenvalue weighted by Crippen LogP contribution is -2.46. The molecule has 2 heterocycles. The highest BCUT2D eigenvalue weighted by molar-refractivity contribution is 5.59. The monoisotopic (exact) mass is 278 g/mol. The van der Waals surface area contributed by atoms with E-state index in [1.807, 2.05) is 0 Å². The second-order valence-electron chi connectivity index (χ2n) is 5.48. The molecule has 0 aliphatic carbocycles. The molecule has 0 spiro atoms. The smallest absolute Gasteiger partial charge is 0.137 e. The zero-order chi connectivity index (χ0) is 14.7. The Bertz CT molecular complexity index is 453. The van der Waals surface area contributed by atoms with Crippen LogP contribution in [0.1, 0.15) is 39.1 Å². The Balaban J connectivity index is 2.36. The van der Waals surface area contributed by atoms with Gasteiger partial charge in [-0.3, -0.25) is 0 Å². The summed E-state index contributed by atoms with van der Waals surface area (Å²) in [5, 5.41) is 3.34. The third-order valence-electron chi connectivity index (χ3n) is 3.55. The number of rotatable bonds is 4. The quantitative estimate of drug-likeness (QED) is 0.916. The predicted molar refractivity (Wildman–Crippen MR) is 82.5 cm³/mol. The van der Waals surface area contributed by atoms with Gasteiger partial charge in [0.2, 0.25) is 0 Å². The third kappa shape index (κ3) is 3.20. The lowest BCUT2D eigenvalue weighted by Gasteiger charge is -2.37. The fourth-order valence-electron chi connectivity index (χ4n) is 2.71. The van der Waals surface area contributed by atoms with Crippen LogP contribution in [0, 0.1) is 6.92 Å². The molecule has 2 rings (SSSR count). The van der Waals surface area contributed by atoms with Gasteiger partial charge in [0.15, 0.2) is 0 Å². The number of hydrogen-bond donors (Lipinski definition) is 1. The van der Waals surface area contributed by atoms with Gasteiger partial charge in [-0.1, -0.05) is 6.92 Å². The molecule has 20 heavy (non-hydrogen) atoms. The van der Waals surface area contributed by atoms with Crippen LogP contribution in [0.25, 0.3) is 0 Å².